The molecule has 0 aromatic rings. The molecule has 76 valence electrons. The fourth-order valence-corrected chi connectivity index (χ4v) is 1.82. The molecule has 3 heteroatoms. The summed E-state index contributed by atoms with van der Waals surface area (Å²) in [6.07, 6.45) is 7.94. The second-order valence-electron chi connectivity index (χ2n) is 3.79. The van der Waals surface area contributed by atoms with Crippen molar-refractivity contribution in [2.45, 2.75) is 44.3 Å². The Morgan fingerprint density at radius 3 is 1.69 bits per heavy atom. The van der Waals surface area contributed by atoms with E-state index in [9.17, 15) is 0 Å². The van der Waals surface area contributed by atoms with Gasteiger partial charge in [0, 0.05) is 0 Å². The maximum absolute atomic E-state index is 5.28. The molecule has 0 spiro atoms. The summed E-state index contributed by atoms with van der Waals surface area (Å²) in [6, 6.07) is 0. The highest BCUT2D eigenvalue weighted by atomic mass is 16.7. The highest BCUT2D eigenvalue weighted by Gasteiger charge is 2.39. The van der Waals surface area contributed by atoms with Crippen molar-refractivity contribution in [3.05, 3.63) is 0 Å². The third-order valence-corrected chi connectivity index (χ3v) is 2.66. The molecule has 0 radical (unpaired) electrons. The predicted octanol–water partition coefficient (Wildman–Crippen LogP) is 1.71. The molecule has 3 rings (SSSR count). The van der Waals surface area contributed by atoms with Gasteiger partial charge >= 0.3 is 0 Å². The van der Waals surface area contributed by atoms with E-state index in [1.54, 1.807) is 0 Å². The molecule has 0 N–H and O–H groups in total. The topological polar surface area (TPSA) is 31.0 Å². The molecule has 13 heavy (non-hydrogen) atoms. The van der Waals surface area contributed by atoms with Crippen LogP contribution in [0.5, 0.6) is 0 Å². The van der Waals surface area contributed by atoms with Gasteiger partial charge in [0.15, 0.2) is 0 Å². The quantitative estimate of drug-likeness (QED) is 0.540. The number of hydrogen-bond acceptors (Lipinski definition) is 3. The van der Waals surface area contributed by atoms with Gasteiger partial charge in [0.25, 0.3) is 0 Å². The molecule has 2 heterocycles. The first-order valence-corrected chi connectivity index (χ1v) is 5.28. The smallest absolute Gasteiger partial charge is 0.146 e. The van der Waals surface area contributed by atoms with Gasteiger partial charge in [-0.3, -0.25) is 0 Å². The predicted molar refractivity (Wildman–Crippen MR) is 48.5 cm³/mol. The van der Waals surface area contributed by atoms with Crippen LogP contribution in [0, 0.1) is 0 Å². The summed E-state index contributed by atoms with van der Waals surface area (Å²) in [5.74, 6) is 0. The van der Waals surface area contributed by atoms with Crippen LogP contribution in [0.25, 0.3) is 0 Å². The normalized spacial score (nSPS) is 36.9. The molecule has 1 saturated carbocycles. The Hall–Kier alpha value is -0.120. The zero-order valence-electron chi connectivity index (χ0n) is 8.04. The van der Waals surface area contributed by atoms with Gasteiger partial charge < -0.3 is 14.2 Å². The van der Waals surface area contributed by atoms with E-state index in [-0.39, 0.29) is 0 Å². The van der Waals surface area contributed by atoms with Crippen LogP contribution >= 0.6 is 0 Å². The number of rotatable bonds is 0. The van der Waals surface area contributed by atoms with Crippen molar-refractivity contribution in [2.75, 3.05) is 20.0 Å². The third kappa shape index (κ3) is 3.25. The van der Waals surface area contributed by atoms with Gasteiger partial charge in [-0.2, -0.15) is 0 Å². The van der Waals surface area contributed by atoms with Crippen LogP contribution in [0.15, 0.2) is 0 Å². The third-order valence-electron chi connectivity index (χ3n) is 2.66. The molecular weight excluding hydrogens is 168 g/mol. The van der Waals surface area contributed by atoms with Gasteiger partial charge in [-0.25, -0.2) is 0 Å². The Bertz CT molecular complexity index is 124. The van der Waals surface area contributed by atoms with E-state index < -0.39 is 0 Å². The van der Waals surface area contributed by atoms with E-state index in [1.165, 1.54) is 25.7 Å². The summed E-state index contributed by atoms with van der Waals surface area (Å²) in [4.78, 5) is 0. The molecule has 2 saturated heterocycles. The van der Waals surface area contributed by atoms with Crippen molar-refractivity contribution in [3.8, 4) is 0 Å². The maximum Gasteiger partial charge on any atom is 0.146 e. The lowest BCUT2D eigenvalue weighted by atomic mass is 10.0. The lowest BCUT2D eigenvalue weighted by Crippen LogP contribution is -2.11. The molecule has 2 unspecified atom stereocenters. The fourth-order valence-electron chi connectivity index (χ4n) is 1.82. The van der Waals surface area contributed by atoms with Crippen molar-refractivity contribution in [2.24, 2.45) is 0 Å². The number of hydrogen-bond donors (Lipinski definition) is 0. The van der Waals surface area contributed by atoms with E-state index in [2.05, 4.69) is 0 Å². The summed E-state index contributed by atoms with van der Waals surface area (Å²) in [7, 11) is 0. The number of fused-ring (bicyclic) bond motifs is 1. The molecule has 2 aliphatic heterocycles. The summed E-state index contributed by atoms with van der Waals surface area (Å²) >= 11 is 0. The molecule has 0 bridgehead atoms. The van der Waals surface area contributed by atoms with Crippen molar-refractivity contribution in [1.29, 1.82) is 0 Å². The maximum atomic E-state index is 5.28. The molecular formula is C10H18O3. The minimum absolute atomic E-state index is 0.500. The number of epoxide rings is 1. The molecule has 0 amide bonds. The first-order valence-electron chi connectivity index (χ1n) is 5.28. The standard InChI is InChI=1S/C6H10O.C4H8O2/c1-2-4-6-5(3-1)7-6;1-2-5-4-6-3-1/h5-6H,1-4H2;1-4H2. The first-order chi connectivity index (χ1) is 6.47. The average molecular weight is 186 g/mol. The van der Waals surface area contributed by atoms with Gasteiger partial charge in [-0.15, -0.1) is 0 Å². The first kappa shape index (κ1) is 9.44. The molecule has 0 aromatic heterocycles. The van der Waals surface area contributed by atoms with Crippen LogP contribution in [0.3, 0.4) is 0 Å². The fraction of sp³-hybridized carbons (Fsp3) is 1.00. The summed E-state index contributed by atoms with van der Waals surface area (Å²) in [6.45, 7) is 2.25. The summed E-state index contributed by atoms with van der Waals surface area (Å²) in [5.41, 5.74) is 0. The second kappa shape index (κ2) is 4.94. The van der Waals surface area contributed by atoms with Crippen molar-refractivity contribution >= 4 is 0 Å². The lowest BCUT2D eigenvalue weighted by Gasteiger charge is -2.09. The van der Waals surface area contributed by atoms with E-state index in [0.29, 0.717) is 19.0 Å². The molecule has 3 nitrogen and oxygen atoms in total. The van der Waals surface area contributed by atoms with Gasteiger partial charge in [0.05, 0.1) is 25.4 Å². The Morgan fingerprint density at radius 2 is 1.38 bits per heavy atom. The molecule has 0 aromatic carbocycles. The monoisotopic (exact) mass is 186 g/mol. The average Bonchev–Trinajstić information content (AvgIpc) is 3.00. The van der Waals surface area contributed by atoms with E-state index in [4.69, 9.17) is 14.2 Å². The van der Waals surface area contributed by atoms with E-state index in [0.717, 1.165) is 19.6 Å². The molecule has 3 fully saturated rings. The highest BCUT2D eigenvalue weighted by molar-refractivity contribution is 4.87. The van der Waals surface area contributed by atoms with Gasteiger partial charge in [0.2, 0.25) is 0 Å². The molecule has 3 aliphatic rings. The largest absolute Gasteiger partial charge is 0.370 e. The van der Waals surface area contributed by atoms with Crippen molar-refractivity contribution in [3.63, 3.8) is 0 Å². The summed E-state index contributed by atoms with van der Waals surface area (Å²) < 4.78 is 15.0. The van der Waals surface area contributed by atoms with Gasteiger partial charge in [-0.05, 0) is 19.3 Å². The Kier molecular flexibility index (Phi) is 3.58. The summed E-state index contributed by atoms with van der Waals surface area (Å²) in [5, 5.41) is 0. The Balaban J connectivity index is 0.000000102. The Labute approximate surface area is 79.4 Å². The second-order valence-corrected chi connectivity index (χ2v) is 3.79. The van der Waals surface area contributed by atoms with Crippen LogP contribution in [-0.2, 0) is 14.2 Å². The van der Waals surface area contributed by atoms with Crippen molar-refractivity contribution < 1.29 is 14.2 Å². The van der Waals surface area contributed by atoms with Crippen LogP contribution in [0.4, 0.5) is 0 Å². The van der Waals surface area contributed by atoms with Crippen LogP contribution in [0.2, 0.25) is 0 Å². The zero-order valence-corrected chi connectivity index (χ0v) is 8.04. The molecule has 1 aliphatic carbocycles. The van der Waals surface area contributed by atoms with Gasteiger partial charge in [-0.1, -0.05) is 12.8 Å². The van der Waals surface area contributed by atoms with Crippen LogP contribution in [0.1, 0.15) is 32.1 Å². The van der Waals surface area contributed by atoms with E-state index in [1.807, 2.05) is 0 Å². The lowest BCUT2D eigenvalue weighted by molar-refractivity contribution is -0.0963. The van der Waals surface area contributed by atoms with Gasteiger partial charge in [0.1, 0.15) is 6.79 Å². The minimum Gasteiger partial charge on any atom is -0.370 e. The van der Waals surface area contributed by atoms with Crippen molar-refractivity contribution in [1.82, 2.24) is 0 Å². The van der Waals surface area contributed by atoms with Crippen LogP contribution < -0.4 is 0 Å². The zero-order chi connectivity index (χ0) is 8.93. The number of ether oxygens (including phenoxy) is 3. The SMILES string of the molecule is C1CCC2OC2C1.C1COCOC1. The molecule has 2 atom stereocenters. The van der Waals surface area contributed by atoms with Crippen LogP contribution in [-0.4, -0.2) is 32.2 Å². The highest BCUT2D eigenvalue weighted by Crippen LogP contribution is 2.35. The Morgan fingerprint density at radius 1 is 0.769 bits per heavy atom. The van der Waals surface area contributed by atoms with E-state index >= 15 is 0 Å². The minimum atomic E-state index is 0.500.